The number of rotatable bonds is 6. The van der Waals surface area contributed by atoms with Crippen LogP contribution < -0.4 is 0 Å². The van der Waals surface area contributed by atoms with E-state index in [1.165, 1.54) is 12.1 Å². The Labute approximate surface area is 134 Å². The van der Waals surface area contributed by atoms with E-state index in [4.69, 9.17) is 0 Å². The molecule has 0 atom stereocenters. The van der Waals surface area contributed by atoms with Crippen molar-refractivity contribution < 1.29 is 9.72 Å². The van der Waals surface area contributed by atoms with Crippen LogP contribution in [0.15, 0.2) is 22.7 Å². The van der Waals surface area contributed by atoms with Gasteiger partial charge in [0.15, 0.2) is 0 Å². The lowest BCUT2D eigenvalue weighted by atomic mass is 10.1. The smallest absolute Gasteiger partial charge is 0.271 e. The molecule has 0 radical (unpaired) electrons. The van der Waals surface area contributed by atoms with Crippen LogP contribution in [-0.4, -0.2) is 33.6 Å². The number of hydrogen-bond acceptors (Lipinski definition) is 3. The summed E-state index contributed by atoms with van der Waals surface area (Å²) in [5.41, 5.74) is 0.237. The summed E-state index contributed by atoms with van der Waals surface area (Å²) in [5.74, 6) is -0.189. The van der Waals surface area contributed by atoms with E-state index in [1.807, 2.05) is 13.8 Å². The van der Waals surface area contributed by atoms with Crippen LogP contribution in [0.3, 0.4) is 0 Å². The molecule has 0 spiro atoms. The maximum Gasteiger partial charge on any atom is 0.271 e. The summed E-state index contributed by atoms with van der Waals surface area (Å²) in [6.45, 7) is 4.47. The van der Waals surface area contributed by atoms with E-state index in [9.17, 15) is 14.9 Å². The van der Waals surface area contributed by atoms with Crippen LogP contribution in [0.5, 0.6) is 0 Å². The highest BCUT2D eigenvalue weighted by Crippen LogP contribution is 2.23. The van der Waals surface area contributed by atoms with E-state index in [0.717, 1.165) is 11.8 Å². The fraction of sp³-hybridized carbons (Fsp3) is 0.462. The molecule has 110 valence electrons. The normalized spacial score (nSPS) is 10.7. The lowest BCUT2D eigenvalue weighted by Crippen LogP contribution is -2.37. The van der Waals surface area contributed by atoms with Gasteiger partial charge in [-0.2, -0.15) is 0 Å². The number of nitro groups is 1. The fourth-order valence-electron chi connectivity index (χ4n) is 1.79. The first-order valence-corrected chi connectivity index (χ1v) is 8.10. The third-order valence-electron chi connectivity index (χ3n) is 2.76. The minimum atomic E-state index is -0.500. The van der Waals surface area contributed by atoms with Crippen LogP contribution in [0.2, 0.25) is 0 Å². The molecule has 0 fully saturated rings. The molecule has 0 unspecified atom stereocenters. The third kappa shape index (κ3) is 4.56. The minimum Gasteiger partial charge on any atom is -0.336 e. The largest absolute Gasteiger partial charge is 0.336 e. The van der Waals surface area contributed by atoms with Crippen molar-refractivity contribution >= 4 is 43.5 Å². The van der Waals surface area contributed by atoms with Crippen LogP contribution >= 0.6 is 31.9 Å². The monoisotopic (exact) mass is 406 g/mol. The number of alkyl halides is 1. The molecular weight excluding hydrogens is 392 g/mol. The van der Waals surface area contributed by atoms with Crippen molar-refractivity contribution in [3.8, 4) is 0 Å². The van der Waals surface area contributed by atoms with Gasteiger partial charge in [-0.05, 0) is 26.3 Å². The predicted molar refractivity (Wildman–Crippen MR) is 85.4 cm³/mol. The van der Waals surface area contributed by atoms with Gasteiger partial charge in [0.2, 0.25) is 0 Å². The lowest BCUT2D eigenvalue weighted by Gasteiger charge is -2.26. The summed E-state index contributed by atoms with van der Waals surface area (Å²) >= 11 is 6.55. The Morgan fingerprint density at radius 3 is 2.55 bits per heavy atom. The number of carbonyl (C=O) groups excluding carboxylic acids is 1. The topological polar surface area (TPSA) is 63.5 Å². The summed E-state index contributed by atoms with van der Waals surface area (Å²) in [4.78, 5) is 24.6. The van der Waals surface area contributed by atoms with Gasteiger partial charge < -0.3 is 4.90 Å². The Balaban J connectivity index is 3.08. The Kier molecular flexibility index (Phi) is 6.61. The zero-order valence-electron chi connectivity index (χ0n) is 11.3. The molecule has 0 bridgehead atoms. The molecular formula is C13H16Br2N2O3. The highest BCUT2D eigenvalue weighted by atomic mass is 79.9. The summed E-state index contributed by atoms with van der Waals surface area (Å²) in [7, 11) is 0. The van der Waals surface area contributed by atoms with E-state index in [1.54, 1.807) is 11.0 Å². The van der Waals surface area contributed by atoms with Crippen LogP contribution in [0, 0.1) is 10.1 Å². The molecule has 1 aromatic carbocycles. The van der Waals surface area contributed by atoms with Gasteiger partial charge in [-0.1, -0.05) is 31.9 Å². The van der Waals surface area contributed by atoms with Gasteiger partial charge in [0.25, 0.3) is 11.6 Å². The SMILES string of the molecule is CC(C)N(CCCBr)C(=O)c1cc(Br)cc([N+](=O)[O-])c1. The second kappa shape index (κ2) is 7.73. The van der Waals surface area contributed by atoms with Crippen LogP contribution in [0.25, 0.3) is 0 Å². The number of hydrogen-bond donors (Lipinski definition) is 0. The maximum atomic E-state index is 12.5. The highest BCUT2D eigenvalue weighted by molar-refractivity contribution is 9.10. The highest BCUT2D eigenvalue weighted by Gasteiger charge is 2.21. The van der Waals surface area contributed by atoms with Gasteiger partial charge in [0.1, 0.15) is 0 Å². The first kappa shape index (κ1) is 17.1. The standard InChI is InChI=1S/C13H16Br2N2O3/c1-9(2)16(5-3-4-14)13(18)10-6-11(15)8-12(7-10)17(19)20/h6-9H,3-5H2,1-2H3. The van der Waals surface area contributed by atoms with Crippen molar-refractivity contribution in [1.29, 1.82) is 0 Å². The number of non-ortho nitro benzene ring substituents is 1. The number of nitro benzene ring substituents is 1. The van der Waals surface area contributed by atoms with Gasteiger partial charge in [-0.15, -0.1) is 0 Å². The van der Waals surface area contributed by atoms with Crippen LogP contribution in [-0.2, 0) is 0 Å². The number of amides is 1. The van der Waals surface area contributed by atoms with Crippen molar-refractivity contribution in [2.45, 2.75) is 26.3 Å². The first-order chi connectivity index (χ1) is 9.36. The average Bonchev–Trinajstić information content (AvgIpc) is 2.37. The van der Waals surface area contributed by atoms with E-state index in [0.29, 0.717) is 16.6 Å². The molecule has 0 aliphatic rings. The number of halogens is 2. The third-order valence-corrected chi connectivity index (χ3v) is 3.78. The zero-order valence-corrected chi connectivity index (χ0v) is 14.5. The van der Waals surface area contributed by atoms with Crippen molar-refractivity contribution in [1.82, 2.24) is 4.90 Å². The molecule has 5 nitrogen and oxygen atoms in total. The molecule has 1 aromatic rings. The Morgan fingerprint density at radius 2 is 2.05 bits per heavy atom. The molecule has 0 saturated carbocycles. The quantitative estimate of drug-likeness (QED) is 0.406. The zero-order chi connectivity index (χ0) is 15.3. The van der Waals surface area contributed by atoms with Crippen LogP contribution in [0.4, 0.5) is 5.69 Å². The lowest BCUT2D eigenvalue weighted by molar-refractivity contribution is -0.385. The molecule has 0 heterocycles. The van der Waals surface area contributed by atoms with E-state index in [-0.39, 0.29) is 17.6 Å². The van der Waals surface area contributed by atoms with Gasteiger partial charge in [-0.25, -0.2) is 0 Å². The molecule has 1 amide bonds. The van der Waals surface area contributed by atoms with E-state index >= 15 is 0 Å². The molecule has 0 aliphatic carbocycles. The second-order valence-electron chi connectivity index (χ2n) is 4.59. The second-order valence-corrected chi connectivity index (χ2v) is 6.30. The average molecular weight is 408 g/mol. The summed E-state index contributed by atoms with van der Waals surface area (Å²) < 4.78 is 0.527. The molecule has 0 N–H and O–H groups in total. The van der Waals surface area contributed by atoms with Crippen molar-refractivity contribution in [2.24, 2.45) is 0 Å². The number of carbonyl (C=O) groups is 1. The number of nitrogens with zero attached hydrogens (tertiary/aromatic N) is 2. The number of benzene rings is 1. The molecule has 7 heteroatoms. The summed E-state index contributed by atoms with van der Waals surface area (Å²) in [5, 5.41) is 11.7. The Morgan fingerprint density at radius 1 is 1.40 bits per heavy atom. The maximum absolute atomic E-state index is 12.5. The summed E-state index contributed by atoms with van der Waals surface area (Å²) in [6.07, 6.45) is 0.833. The molecule has 1 rings (SSSR count). The minimum absolute atomic E-state index is 0.0413. The molecule has 20 heavy (non-hydrogen) atoms. The van der Waals surface area contributed by atoms with Gasteiger partial charge in [-0.3, -0.25) is 14.9 Å². The Bertz CT molecular complexity index is 506. The van der Waals surface area contributed by atoms with Crippen LogP contribution in [0.1, 0.15) is 30.6 Å². The molecule has 0 saturated heterocycles. The van der Waals surface area contributed by atoms with E-state index < -0.39 is 4.92 Å². The Hall–Kier alpha value is -0.950. The van der Waals surface area contributed by atoms with Gasteiger partial charge in [0, 0.05) is 40.1 Å². The fourth-order valence-corrected chi connectivity index (χ4v) is 2.53. The van der Waals surface area contributed by atoms with E-state index in [2.05, 4.69) is 31.9 Å². The predicted octanol–water partition coefficient (Wildman–Crippen LogP) is 3.99. The van der Waals surface area contributed by atoms with Gasteiger partial charge in [0.05, 0.1) is 4.92 Å². The molecule has 0 aliphatic heterocycles. The van der Waals surface area contributed by atoms with Crippen molar-refractivity contribution in [3.05, 3.63) is 38.3 Å². The van der Waals surface area contributed by atoms with Crippen molar-refractivity contribution in [3.63, 3.8) is 0 Å². The van der Waals surface area contributed by atoms with Crippen molar-refractivity contribution in [2.75, 3.05) is 11.9 Å². The first-order valence-electron chi connectivity index (χ1n) is 6.18. The van der Waals surface area contributed by atoms with Gasteiger partial charge >= 0.3 is 0 Å². The molecule has 0 aromatic heterocycles. The summed E-state index contributed by atoms with van der Waals surface area (Å²) in [6, 6.07) is 4.35.